The van der Waals surface area contributed by atoms with Crippen LogP contribution in [0.5, 0.6) is 0 Å². The summed E-state index contributed by atoms with van der Waals surface area (Å²) in [5.74, 6) is 2.57. The van der Waals surface area contributed by atoms with Crippen LogP contribution in [0.15, 0.2) is 82.9 Å². The second-order valence-corrected chi connectivity index (χ2v) is 26.3. The Bertz CT molecular complexity index is 3270. The highest BCUT2D eigenvalue weighted by molar-refractivity contribution is 5.88. The van der Waals surface area contributed by atoms with Gasteiger partial charge in [-0.05, 0) is 174 Å². The molecule has 2 aromatic carbocycles. The molecule has 88 heavy (non-hydrogen) atoms. The Balaban J connectivity index is 0.000000182. The monoisotopic (exact) mass is 1200 g/mol. The number of aromatic nitrogens is 6. The predicted molar refractivity (Wildman–Crippen MR) is 343 cm³/mol. The number of carbonyl (C=O) groups is 4. The molecule has 6 aromatic rings. The Morgan fingerprint density at radius 3 is 1.34 bits per heavy atom. The highest BCUT2D eigenvalue weighted by Crippen LogP contribution is 2.60. The Labute approximate surface area is 517 Å². The zero-order valence-corrected chi connectivity index (χ0v) is 52.2. The van der Waals surface area contributed by atoms with E-state index >= 15 is 0 Å². The van der Waals surface area contributed by atoms with Crippen LogP contribution in [-0.4, -0.2) is 128 Å². The van der Waals surface area contributed by atoms with Gasteiger partial charge in [0.1, 0.15) is 23.2 Å². The first-order chi connectivity index (χ1) is 42.9. The Morgan fingerprint density at radius 1 is 0.523 bits per heavy atom. The molecule has 2 spiro atoms. The number of unbranched alkanes of at least 4 members (excludes halogenated alkanes) is 4. The van der Waals surface area contributed by atoms with E-state index in [2.05, 4.69) is 30.4 Å². The number of rotatable bonds is 14. The summed E-state index contributed by atoms with van der Waals surface area (Å²) in [6.45, 7) is 14.0. The maximum Gasteiger partial charge on any atom is 0.258 e. The first kappa shape index (κ1) is 63.0. The molecule has 2 amide bonds. The molecular weight excluding hydrogens is 1110 g/mol. The van der Waals surface area contributed by atoms with Crippen LogP contribution >= 0.6 is 0 Å². The van der Waals surface area contributed by atoms with Gasteiger partial charge in [-0.1, -0.05) is 51.7 Å². The number of hydrogen-bond acceptors (Lipinski definition) is 12. The number of aromatic amines is 2. The molecule has 4 fully saturated rings. The minimum atomic E-state index is -0.214. The highest BCUT2D eigenvalue weighted by atomic mass is 16.5. The van der Waals surface area contributed by atoms with Crippen molar-refractivity contribution in [2.75, 3.05) is 65.7 Å². The molecule has 14 aliphatic rings. The highest BCUT2D eigenvalue weighted by Gasteiger charge is 2.59. The van der Waals surface area contributed by atoms with Gasteiger partial charge in [0.25, 0.3) is 11.1 Å². The van der Waals surface area contributed by atoms with Crippen molar-refractivity contribution < 1.29 is 28.7 Å². The lowest BCUT2D eigenvalue weighted by molar-refractivity contribution is -0.125. The molecular formula is C70H94N10O8. The van der Waals surface area contributed by atoms with Crippen LogP contribution in [0.4, 0.5) is 0 Å². The molecule has 16 bridgehead atoms. The van der Waals surface area contributed by atoms with E-state index in [1.54, 1.807) is 9.13 Å². The molecule has 2 saturated heterocycles. The molecule has 2 saturated carbocycles. The maximum absolute atomic E-state index is 13.6. The summed E-state index contributed by atoms with van der Waals surface area (Å²) in [7, 11) is 0. The number of pyridine rings is 2. The van der Waals surface area contributed by atoms with Gasteiger partial charge in [0.2, 0.25) is 11.8 Å². The van der Waals surface area contributed by atoms with Crippen LogP contribution in [0.3, 0.4) is 0 Å². The normalized spacial score (nSPS) is 26.0. The summed E-state index contributed by atoms with van der Waals surface area (Å²) in [6, 6.07) is 15.3. The number of H-pyrrole nitrogens is 2. The van der Waals surface area contributed by atoms with Gasteiger partial charge in [0.05, 0.1) is 35.9 Å². The number of Topliss-reactive ketones (excluding diaryl/α,β-unsaturated/α-hetero) is 2. The van der Waals surface area contributed by atoms with Gasteiger partial charge in [-0.3, -0.25) is 28.8 Å². The Morgan fingerprint density at radius 2 is 0.932 bits per heavy atom. The minimum absolute atomic E-state index is 0.0125. The molecule has 4 atom stereocenters. The molecule has 472 valence electrons. The number of amides is 2. The van der Waals surface area contributed by atoms with Crippen molar-refractivity contribution in [1.29, 1.82) is 0 Å². The van der Waals surface area contributed by atoms with Gasteiger partial charge < -0.3 is 49.0 Å². The first-order valence-electron chi connectivity index (χ1n) is 33.5. The van der Waals surface area contributed by atoms with E-state index in [1.165, 1.54) is 0 Å². The van der Waals surface area contributed by atoms with Crippen molar-refractivity contribution in [2.24, 2.45) is 22.7 Å². The lowest BCUT2D eigenvalue weighted by Gasteiger charge is -2.33. The van der Waals surface area contributed by atoms with Crippen LogP contribution in [0.1, 0.15) is 179 Å². The number of nitrogens with one attached hydrogen (secondary N) is 4. The summed E-state index contributed by atoms with van der Waals surface area (Å²) in [4.78, 5) is 98.7. The second kappa shape index (κ2) is 29.4. The predicted octanol–water partition coefficient (Wildman–Crippen LogP) is 10.8. The van der Waals surface area contributed by atoms with Crippen LogP contribution in [0.25, 0.3) is 44.1 Å². The van der Waals surface area contributed by atoms with Gasteiger partial charge in [-0.25, -0.2) is 9.97 Å². The standard InChI is InChI=1S/2C35H47N5O4/c2*1-2-27(41)8-4-3-5-9-30-32-36-24-31(37-32)26-10-11-28-25(22-26)12-17-40(34(28)43)16-7-21-44-20-6-15-39-18-13-35(14-19-39)23-29(35)33(42)38-30/h2*10-12,17,22,24,29-30H,2-9,13-16,18-21,23H2,1H3,(H,36,37)(H,38,42)/t29-,30+;29-,30-/m11/s1. The zero-order valence-electron chi connectivity index (χ0n) is 52.2. The quantitative estimate of drug-likeness (QED) is 0.0749. The van der Waals surface area contributed by atoms with Crippen molar-refractivity contribution in [3.63, 3.8) is 0 Å². The fourth-order valence-electron chi connectivity index (χ4n) is 14.4. The van der Waals surface area contributed by atoms with Crippen molar-refractivity contribution >= 4 is 44.9 Å². The Hall–Kier alpha value is -6.60. The van der Waals surface area contributed by atoms with E-state index in [0.29, 0.717) is 74.3 Å². The van der Waals surface area contributed by atoms with E-state index < -0.39 is 0 Å². The SMILES string of the molecule is CCC(=O)CCCCC[C@@H]1NC(=O)[C@H]2CC23CCN(CCCOCCCn2ccc4cc(ccc4c2=O)-c2cnc1[nH]2)CC3.CCC(=O)CCCCC[C@H]1NC(=O)[C@H]2CC23CCN(CCCOCCCn2ccc4cc(ccc4c2=O)-c2cnc1[nH]2)CC3. The Kier molecular flexibility index (Phi) is 21.0. The minimum Gasteiger partial charge on any atom is -0.381 e. The molecule has 2 aliphatic carbocycles. The van der Waals surface area contributed by atoms with E-state index in [-0.39, 0.29) is 57.7 Å². The van der Waals surface area contributed by atoms with Crippen LogP contribution < -0.4 is 21.8 Å². The summed E-state index contributed by atoms with van der Waals surface area (Å²) in [6.07, 6.45) is 26.7. The van der Waals surface area contributed by atoms with Gasteiger partial charge in [0, 0.05) is 124 Å². The number of benzene rings is 2. The molecule has 12 aliphatic heterocycles. The molecule has 4 aromatic heterocycles. The number of ether oxygens (including phenoxy) is 2. The number of ketones is 2. The summed E-state index contributed by atoms with van der Waals surface area (Å²) >= 11 is 0. The molecule has 18 heteroatoms. The summed E-state index contributed by atoms with van der Waals surface area (Å²) in [5, 5.41) is 9.93. The van der Waals surface area contributed by atoms with Gasteiger partial charge in [-0.15, -0.1) is 0 Å². The number of piperidine rings is 2. The van der Waals surface area contributed by atoms with Gasteiger partial charge in [0.15, 0.2) is 0 Å². The van der Waals surface area contributed by atoms with Crippen molar-refractivity contribution in [1.82, 2.24) is 49.5 Å². The van der Waals surface area contributed by atoms with Crippen molar-refractivity contribution in [2.45, 2.75) is 180 Å². The van der Waals surface area contributed by atoms with Crippen molar-refractivity contribution in [3.8, 4) is 22.5 Å². The topological polar surface area (TPSA) is 219 Å². The number of imidazole rings is 2. The van der Waals surface area contributed by atoms with Crippen LogP contribution in [-0.2, 0) is 41.7 Å². The summed E-state index contributed by atoms with van der Waals surface area (Å²) < 4.78 is 15.4. The maximum atomic E-state index is 13.6. The van der Waals surface area contributed by atoms with E-state index in [1.807, 2.05) is 87.2 Å². The molecule has 0 unspecified atom stereocenters. The lowest BCUT2D eigenvalue weighted by atomic mass is 9.90. The second-order valence-electron chi connectivity index (χ2n) is 26.3. The van der Waals surface area contributed by atoms with Gasteiger partial charge >= 0.3 is 0 Å². The zero-order chi connectivity index (χ0) is 61.0. The van der Waals surface area contributed by atoms with Crippen LogP contribution in [0.2, 0.25) is 0 Å². The lowest BCUT2D eigenvalue weighted by Crippen LogP contribution is -2.38. The average molecular weight is 1200 g/mol. The number of aryl methyl sites for hydroxylation is 2. The molecule has 0 radical (unpaired) electrons. The van der Waals surface area contributed by atoms with Gasteiger partial charge in [-0.2, -0.15) is 0 Å². The summed E-state index contributed by atoms with van der Waals surface area (Å²) in [5.41, 5.74) is 3.94. The number of carbonyl (C=O) groups excluding carboxylic acids is 4. The molecule has 16 heterocycles. The molecule has 18 nitrogen and oxygen atoms in total. The van der Waals surface area contributed by atoms with E-state index in [4.69, 9.17) is 19.4 Å². The third-order valence-corrected chi connectivity index (χ3v) is 20.4. The smallest absolute Gasteiger partial charge is 0.258 e. The van der Waals surface area contributed by atoms with Crippen molar-refractivity contribution in [3.05, 3.63) is 106 Å². The molecule has 4 N–H and O–H groups in total. The third kappa shape index (κ3) is 15.5. The van der Waals surface area contributed by atoms with E-state index in [9.17, 15) is 28.8 Å². The third-order valence-electron chi connectivity index (χ3n) is 20.4. The molecule has 20 rings (SSSR count). The average Bonchev–Trinajstić information content (AvgIpc) is 1.64. The number of hydrogen-bond donors (Lipinski definition) is 4. The van der Waals surface area contributed by atoms with Crippen LogP contribution in [0, 0.1) is 22.7 Å². The fraction of sp³-hybridized carbons (Fsp3) is 0.600. The largest absolute Gasteiger partial charge is 0.381 e. The van der Waals surface area contributed by atoms with E-state index in [0.717, 1.165) is 213 Å². The first-order valence-corrected chi connectivity index (χ1v) is 33.5. The number of nitrogens with zero attached hydrogens (tertiary/aromatic N) is 6. The fourth-order valence-corrected chi connectivity index (χ4v) is 14.4.